The summed E-state index contributed by atoms with van der Waals surface area (Å²) in [5.74, 6) is 2.18. The Labute approximate surface area is 184 Å². The van der Waals surface area contributed by atoms with Crippen LogP contribution in [0.1, 0.15) is 61.7 Å². The van der Waals surface area contributed by atoms with Crippen LogP contribution in [0.15, 0.2) is 34.9 Å². The SMILES string of the molecule is O=C(NCCc1ccccc1)N1CCCC(c2nc(CCOCC3CCCC3)no2)C1. The van der Waals surface area contributed by atoms with E-state index in [1.165, 1.54) is 31.2 Å². The molecule has 4 rings (SSSR count). The zero-order valence-electron chi connectivity index (χ0n) is 18.3. The van der Waals surface area contributed by atoms with Crippen molar-refractivity contribution in [2.24, 2.45) is 5.92 Å². The summed E-state index contributed by atoms with van der Waals surface area (Å²) in [7, 11) is 0. The lowest BCUT2D eigenvalue weighted by atomic mass is 9.98. The molecule has 1 aromatic carbocycles. The van der Waals surface area contributed by atoms with Gasteiger partial charge in [0.1, 0.15) is 0 Å². The third-order valence-electron chi connectivity index (χ3n) is 6.37. The first-order valence-electron chi connectivity index (χ1n) is 11.7. The van der Waals surface area contributed by atoms with Crippen molar-refractivity contribution < 1.29 is 14.1 Å². The van der Waals surface area contributed by atoms with Crippen molar-refractivity contribution >= 4 is 6.03 Å². The predicted molar refractivity (Wildman–Crippen MR) is 118 cm³/mol. The van der Waals surface area contributed by atoms with Crippen LogP contribution >= 0.6 is 0 Å². The van der Waals surface area contributed by atoms with Gasteiger partial charge in [-0.05, 0) is 43.6 Å². The molecule has 0 radical (unpaired) electrons. The maximum absolute atomic E-state index is 12.6. The minimum atomic E-state index is -0.0133. The fraction of sp³-hybridized carbons (Fsp3) is 0.625. The predicted octanol–water partition coefficient (Wildman–Crippen LogP) is 3.95. The quantitative estimate of drug-likeness (QED) is 0.614. The van der Waals surface area contributed by atoms with Gasteiger partial charge in [0.15, 0.2) is 5.82 Å². The fourth-order valence-corrected chi connectivity index (χ4v) is 4.56. The average Bonchev–Trinajstić information content (AvgIpc) is 3.50. The normalized spacial score (nSPS) is 19.6. The minimum Gasteiger partial charge on any atom is -0.381 e. The number of carbonyl (C=O) groups excluding carboxylic acids is 1. The molecule has 1 saturated heterocycles. The third kappa shape index (κ3) is 6.53. The molecule has 2 aromatic rings. The third-order valence-corrected chi connectivity index (χ3v) is 6.37. The summed E-state index contributed by atoms with van der Waals surface area (Å²) in [6, 6.07) is 10.2. The second-order valence-corrected chi connectivity index (χ2v) is 8.78. The summed E-state index contributed by atoms with van der Waals surface area (Å²) in [5, 5.41) is 7.17. The van der Waals surface area contributed by atoms with Crippen molar-refractivity contribution in [1.29, 1.82) is 0 Å². The van der Waals surface area contributed by atoms with E-state index in [1.807, 2.05) is 23.1 Å². The fourth-order valence-electron chi connectivity index (χ4n) is 4.56. The highest BCUT2D eigenvalue weighted by Gasteiger charge is 2.28. The molecular weight excluding hydrogens is 392 g/mol. The van der Waals surface area contributed by atoms with Crippen molar-refractivity contribution in [2.45, 2.75) is 57.3 Å². The van der Waals surface area contributed by atoms with E-state index in [4.69, 9.17) is 9.26 Å². The van der Waals surface area contributed by atoms with Crippen molar-refractivity contribution in [1.82, 2.24) is 20.4 Å². The molecule has 1 aliphatic heterocycles. The Balaban J connectivity index is 1.18. The van der Waals surface area contributed by atoms with Crippen molar-refractivity contribution in [3.63, 3.8) is 0 Å². The molecule has 7 heteroatoms. The molecule has 7 nitrogen and oxygen atoms in total. The molecule has 2 fully saturated rings. The number of hydrogen-bond donors (Lipinski definition) is 1. The number of nitrogens with zero attached hydrogens (tertiary/aromatic N) is 3. The van der Waals surface area contributed by atoms with Crippen LogP contribution in [0.4, 0.5) is 4.79 Å². The lowest BCUT2D eigenvalue weighted by Crippen LogP contribution is -2.45. The van der Waals surface area contributed by atoms with Gasteiger partial charge in [0, 0.05) is 32.7 Å². The van der Waals surface area contributed by atoms with Crippen LogP contribution in [0.3, 0.4) is 0 Å². The highest BCUT2D eigenvalue weighted by atomic mass is 16.5. The molecule has 0 bridgehead atoms. The number of hydrogen-bond acceptors (Lipinski definition) is 5. The van der Waals surface area contributed by atoms with Crippen LogP contribution in [-0.2, 0) is 17.6 Å². The van der Waals surface area contributed by atoms with Gasteiger partial charge in [0.05, 0.1) is 12.5 Å². The van der Waals surface area contributed by atoms with E-state index in [0.29, 0.717) is 37.8 Å². The van der Waals surface area contributed by atoms with Gasteiger partial charge < -0.3 is 19.5 Å². The summed E-state index contributed by atoms with van der Waals surface area (Å²) < 4.78 is 11.3. The van der Waals surface area contributed by atoms with E-state index in [-0.39, 0.29) is 11.9 Å². The highest BCUT2D eigenvalue weighted by molar-refractivity contribution is 5.74. The Bertz CT molecular complexity index is 804. The molecule has 1 aliphatic carbocycles. The largest absolute Gasteiger partial charge is 0.381 e. The van der Waals surface area contributed by atoms with Gasteiger partial charge in [-0.15, -0.1) is 0 Å². The van der Waals surface area contributed by atoms with Gasteiger partial charge in [0.25, 0.3) is 0 Å². The maximum Gasteiger partial charge on any atom is 0.317 e. The smallest absolute Gasteiger partial charge is 0.317 e. The first-order chi connectivity index (χ1) is 15.3. The summed E-state index contributed by atoms with van der Waals surface area (Å²) >= 11 is 0. The van der Waals surface area contributed by atoms with Gasteiger partial charge >= 0.3 is 6.03 Å². The molecule has 2 amide bonds. The minimum absolute atomic E-state index is 0.0133. The zero-order chi connectivity index (χ0) is 21.3. The second kappa shape index (κ2) is 11.3. The number of ether oxygens (including phenoxy) is 1. The van der Waals surface area contributed by atoms with Crippen LogP contribution in [0.5, 0.6) is 0 Å². The van der Waals surface area contributed by atoms with Crippen LogP contribution < -0.4 is 5.32 Å². The van der Waals surface area contributed by atoms with E-state index in [9.17, 15) is 4.79 Å². The number of rotatable bonds is 9. The van der Waals surface area contributed by atoms with E-state index in [0.717, 1.165) is 38.3 Å². The Morgan fingerprint density at radius 1 is 1.13 bits per heavy atom. The molecule has 168 valence electrons. The first kappa shape index (κ1) is 21.8. The molecule has 31 heavy (non-hydrogen) atoms. The Hall–Kier alpha value is -2.41. The van der Waals surface area contributed by atoms with Gasteiger partial charge in [-0.25, -0.2) is 4.79 Å². The number of nitrogens with one attached hydrogen (secondary N) is 1. The molecule has 1 unspecified atom stereocenters. The standard InChI is InChI=1S/C24H34N4O3/c29-24(25-14-12-19-7-2-1-3-8-19)28-15-6-11-21(17-28)23-26-22(27-31-23)13-16-30-18-20-9-4-5-10-20/h1-3,7-8,20-21H,4-6,9-18H2,(H,25,29). The molecule has 1 N–H and O–H groups in total. The van der Waals surface area contributed by atoms with E-state index in [1.54, 1.807) is 0 Å². The Morgan fingerprint density at radius 2 is 1.97 bits per heavy atom. The monoisotopic (exact) mass is 426 g/mol. The number of carbonyl (C=O) groups is 1. The molecule has 2 aliphatic rings. The second-order valence-electron chi connectivity index (χ2n) is 8.78. The number of amides is 2. The first-order valence-corrected chi connectivity index (χ1v) is 11.7. The lowest BCUT2D eigenvalue weighted by molar-refractivity contribution is 0.102. The number of aromatic nitrogens is 2. The van der Waals surface area contributed by atoms with Crippen molar-refractivity contribution in [2.75, 3.05) is 32.8 Å². The van der Waals surface area contributed by atoms with Gasteiger partial charge in [-0.2, -0.15) is 4.98 Å². The van der Waals surface area contributed by atoms with Crippen molar-refractivity contribution in [3.8, 4) is 0 Å². The Kier molecular flexibility index (Phi) is 7.93. The zero-order valence-corrected chi connectivity index (χ0v) is 18.3. The average molecular weight is 427 g/mol. The molecular formula is C24H34N4O3. The molecule has 1 aromatic heterocycles. The highest BCUT2D eigenvalue weighted by Crippen LogP contribution is 2.26. The van der Waals surface area contributed by atoms with Gasteiger partial charge in [-0.3, -0.25) is 0 Å². The molecule has 1 saturated carbocycles. The maximum atomic E-state index is 12.6. The summed E-state index contributed by atoms with van der Waals surface area (Å²) in [6.07, 6.45) is 8.69. The van der Waals surface area contributed by atoms with Crippen LogP contribution in [0, 0.1) is 5.92 Å². The number of urea groups is 1. The number of likely N-dealkylation sites (tertiary alicyclic amines) is 1. The molecule has 1 atom stereocenters. The molecule has 0 spiro atoms. The van der Waals surface area contributed by atoms with E-state index < -0.39 is 0 Å². The Morgan fingerprint density at radius 3 is 2.81 bits per heavy atom. The van der Waals surface area contributed by atoms with E-state index in [2.05, 4.69) is 27.6 Å². The molecule has 2 heterocycles. The topological polar surface area (TPSA) is 80.5 Å². The lowest BCUT2D eigenvalue weighted by Gasteiger charge is -2.31. The van der Waals surface area contributed by atoms with Crippen molar-refractivity contribution in [3.05, 3.63) is 47.6 Å². The van der Waals surface area contributed by atoms with Gasteiger partial charge in [0.2, 0.25) is 5.89 Å². The van der Waals surface area contributed by atoms with Crippen LogP contribution in [-0.4, -0.2) is 53.9 Å². The van der Waals surface area contributed by atoms with Gasteiger partial charge in [-0.1, -0.05) is 48.3 Å². The number of piperidine rings is 1. The summed E-state index contributed by atoms with van der Waals surface area (Å²) in [5.41, 5.74) is 1.23. The number of benzene rings is 1. The summed E-state index contributed by atoms with van der Waals surface area (Å²) in [4.78, 5) is 19.0. The summed E-state index contributed by atoms with van der Waals surface area (Å²) in [6.45, 7) is 3.51. The van der Waals surface area contributed by atoms with E-state index >= 15 is 0 Å². The van der Waals surface area contributed by atoms with Crippen LogP contribution in [0.2, 0.25) is 0 Å². The van der Waals surface area contributed by atoms with Crippen LogP contribution in [0.25, 0.3) is 0 Å².